The first kappa shape index (κ1) is 10.5. The van der Waals surface area contributed by atoms with Crippen LogP contribution < -0.4 is 5.73 Å². The molecule has 0 radical (unpaired) electrons. The Kier molecular flexibility index (Phi) is 2.96. The lowest BCUT2D eigenvalue weighted by Gasteiger charge is -2.39. The van der Waals surface area contributed by atoms with Crippen LogP contribution in [0, 0.1) is 10.8 Å². The normalized spacial score (nSPS) is 25.5. The molecule has 0 saturated carbocycles. The van der Waals surface area contributed by atoms with Crippen molar-refractivity contribution in [3.05, 3.63) is 0 Å². The molecule has 1 fully saturated rings. The minimum Gasteiger partial charge on any atom is -0.386 e. The van der Waals surface area contributed by atoms with Crippen molar-refractivity contribution in [3.8, 4) is 0 Å². The van der Waals surface area contributed by atoms with Crippen LogP contribution in [0.1, 0.15) is 33.6 Å². The molecule has 1 unspecified atom stereocenters. The molecule has 3 N–H and O–H groups in total. The Bertz CT molecular complexity index is 188. The van der Waals surface area contributed by atoms with Crippen LogP contribution in [0.15, 0.2) is 0 Å². The van der Waals surface area contributed by atoms with E-state index in [-0.39, 0.29) is 6.04 Å². The summed E-state index contributed by atoms with van der Waals surface area (Å²) in [4.78, 5) is 2.30. The molecule has 0 bridgehead atoms. The summed E-state index contributed by atoms with van der Waals surface area (Å²) in [6, 6.07) is 0.121. The van der Waals surface area contributed by atoms with Crippen LogP contribution in [0.5, 0.6) is 0 Å². The van der Waals surface area contributed by atoms with Gasteiger partial charge in [0, 0.05) is 0 Å². The predicted molar refractivity (Wildman–Crippen MR) is 56.0 cm³/mol. The fourth-order valence-corrected chi connectivity index (χ4v) is 1.71. The Morgan fingerprint density at radius 1 is 1.38 bits per heavy atom. The summed E-state index contributed by atoms with van der Waals surface area (Å²) in [6.45, 7) is 8.79. The maximum absolute atomic E-state index is 7.37. The summed E-state index contributed by atoms with van der Waals surface area (Å²) >= 11 is 0. The van der Waals surface area contributed by atoms with Crippen molar-refractivity contribution in [1.29, 1.82) is 5.41 Å². The van der Waals surface area contributed by atoms with Crippen LogP contribution in [0.25, 0.3) is 0 Å². The standard InChI is InChI=1S/C10H21N3/c1-8(9(11)12)13-6-4-10(2,3)5-7-13/h8H,4-7H2,1-3H3,(H3,11,12). The van der Waals surface area contributed by atoms with E-state index >= 15 is 0 Å². The third kappa shape index (κ3) is 2.69. The lowest BCUT2D eigenvalue weighted by molar-refractivity contribution is 0.121. The average molecular weight is 183 g/mol. The Balaban J connectivity index is 2.45. The van der Waals surface area contributed by atoms with Gasteiger partial charge < -0.3 is 5.73 Å². The number of rotatable bonds is 2. The van der Waals surface area contributed by atoms with E-state index in [0.29, 0.717) is 11.3 Å². The van der Waals surface area contributed by atoms with Gasteiger partial charge in [-0.3, -0.25) is 10.3 Å². The van der Waals surface area contributed by atoms with Gasteiger partial charge in [0.1, 0.15) is 5.84 Å². The minimum absolute atomic E-state index is 0.121. The molecule has 0 spiro atoms. The number of nitrogens with two attached hydrogens (primary N) is 1. The summed E-state index contributed by atoms with van der Waals surface area (Å²) in [5, 5.41) is 7.37. The third-order valence-corrected chi connectivity index (χ3v) is 3.15. The van der Waals surface area contributed by atoms with Crippen LogP contribution in [-0.4, -0.2) is 29.9 Å². The first-order valence-electron chi connectivity index (χ1n) is 5.00. The number of hydrogen-bond acceptors (Lipinski definition) is 2. The third-order valence-electron chi connectivity index (χ3n) is 3.15. The molecule has 1 atom stereocenters. The quantitative estimate of drug-likeness (QED) is 0.502. The summed E-state index contributed by atoms with van der Waals surface area (Å²) in [5.74, 6) is 0.291. The maximum Gasteiger partial charge on any atom is 0.108 e. The monoisotopic (exact) mass is 183 g/mol. The van der Waals surface area contributed by atoms with E-state index < -0.39 is 0 Å². The summed E-state index contributed by atoms with van der Waals surface area (Å²) in [7, 11) is 0. The molecule has 0 aromatic carbocycles. The number of piperidine rings is 1. The molecule has 0 aliphatic carbocycles. The highest BCUT2D eigenvalue weighted by molar-refractivity contribution is 5.82. The topological polar surface area (TPSA) is 53.1 Å². The van der Waals surface area contributed by atoms with Gasteiger partial charge in [0.2, 0.25) is 0 Å². The number of hydrogen-bond donors (Lipinski definition) is 2. The Morgan fingerprint density at radius 3 is 2.23 bits per heavy atom. The highest BCUT2D eigenvalue weighted by atomic mass is 15.2. The van der Waals surface area contributed by atoms with Crippen LogP contribution in [0.2, 0.25) is 0 Å². The van der Waals surface area contributed by atoms with Gasteiger partial charge in [0.25, 0.3) is 0 Å². The van der Waals surface area contributed by atoms with Gasteiger partial charge in [0.15, 0.2) is 0 Å². The second-order valence-corrected chi connectivity index (χ2v) is 4.83. The van der Waals surface area contributed by atoms with Crippen molar-refractivity contribution in [2.24, 2.45) is 11.1 Å². The van der Waals surface area contributed by atoms with Gasteiger partial charge in [-0.25, -0.2) is 0 Å². The molecule has 0 aromatic heterocycles. The molecule has 1 heterocycles. The Labute approximate surface area is 80.8 Å². The van der Waals surface area contributed by atoms with Crippen molar-refractivity contribution in [3.63, 3.8) is 0 Å². The molecule has 76 valence electrons. The molecular formula is C10H21N3. The van der Waals surface area contributed by atoms with Gasteiger partial charge in [-0.15, -0.1) is 0 Å². The van der Waals surface area contributed by atoms with E-state index in [2.05, 4.69) is 18.7 Å². The molecule has 1 rings (SSSR count). The lowest BCUT2D eigenvalue weighted by atomic mass is 9.82. The first-order chi connectivity index (χ1) is 5.92. The molecule has 1 saturated heterocycles. The van der Waals surface area contributed by atoms with E-state index in [9.17, 15) is 0 Å². The fourth-order valence-electron chi connectivity index (χ4n) is 1.71. The predicted octanol–water partition coefficient (Wildman–Crippen LogP) is 1.43. The van der Waals surface area contributed by atoms with Crippen LogP contribution >= 0.6 is 0 Å². The number of likely N-dealkylation sites (tertiary alicyclic amines) is 1. The summed E-state index contributed by atoms with van der Waals surface area (Å²) in [5.41, 5.74) is 5.96. The van der Waals surface area contributed by atoms with Crippen LogP contribution in [-0.2, 0) is 0 Å². The van der Waals surface area contributed by atoms with E-state index in [4.69, 9.17) is 11.1 Å². The van der Waals surface area contributed by atoms with E-state index in [1.54, 1.807) is 0 Å². The highest BCUT2D eigenvalue weighted by Gasteiger charge is 2.28. The maximum atomic E-state index is 7.37. The smallest absolute Gasteiger partial charge is 0.108 e. The van der Waals surface area contributed by atoms with Gasteiger partial charge in [-0.1, -0.05) is 13.8 Å². The van der Waals surface area contributed by atoms with Gasteiger partial charge in [-0.05, 0) is 38.3 Å². The molecule has 13 heavy (non-hydrogen) atoms. The van der Waals surface area contributed by atoms with Crippen LogP contribution in [0.3, 0.4) is 0 Å². The first-order valence-corrected chi connectivity index (χ1v) is 5.00. The zero-order chi connectivity index (χ0) is 10.1. The minimum atomic E-state index is 0.121. The number of amidine groups is 1. The molecule has 1 aliphatic heterocycles. The molecule has 1 aliphatic rings. The Morgan fingerprint density at radius 2 is 1.85 bits per heavy atom. The van der Waals surface area contributed by atoms with Crippen molar-refractivity contribution in [1.82, 2.24) is 4.90 Å². The van der Waals surface area contributed by atoms with Gasteiger partial charge >= 0.3 is 0 Å². The van der Waals surface area contributed by atoms with E-state index in [0.717, 1.165) is 13.1 Å². The van der Waals surface area contributed by atoms with Gasteiger partial charge in [-0.2, -0.15) is 0 Å². The summed E-state index contributed by atoms with van der Waals surface area (Å²) in [6.07, 6.45) is 2.43. The van der Waals surface area contributed by atoms with Crippen LogP contribution in [0.4, 0.5) is 0 Å². The zero-order valence-corrected chi connectivity index (χ0v) is 8.93. The molecular weight excluding hydrogens is 162 g/mol. The van der Waals surface area contributed by atoms with Crippen molar-refractivity contribution >= 4 is 5.84 Å². The van der Waals surface area contributed by atoms with E-state index in [1.165, 1.54) is 12.8 Å². The SMILES string of the molecule is CC(C(=N)N)N1CCC(C)(C)CC1. The van der Waals surface area contributed by atoms with Crippen molar-refractivity contribution in [2.45, 2.75) is 39.7 Å². The molecule has 3 heteroatoms. The van der Waals surface area contributed by atoms with E-state index in [1.807, 2.05) is 6.92 Å². The second-order valence-electron chi connectivity index (χ2n) is 4.83. The zero-order valence-electron chi connectivity index (χ0n) is 8.93. The molecule has 3 nitrogen and oxygen atoms in total. The van der Waals surface area contributed by atoms with Gasteiger partial charge in [0.05, 0.1) is 6.04 Å². The summed E-state index contributed by atoms with van der Waals surface area (Å²) < 4.78 is 0. The van der Waals surface area contributed by atoms with Crippen molar-refractivity contribution < 1.29 is 0 Å². The average Bonchev–Trinajstić information content (AvgIpc) is 2.03. The Hall–Kier alpha value is -0.570. The number of nitrogens with one attached hydrogen (secondary N) is 1. The fraction of sp³-hybridized carbons (Fsp3) is 0.900. The molecule has 0 amide bonds. The second kappa shape index (κ2) is 3.66. The highest BCUT2D eigenvalue weighted by Crippen LogP contribution is 2.30. The number of nitrogens with zero attached hydrogens (tertiary/aromatic N) is 1. The largest absolute Gasteiger partial charge is 0.386 e. The van der Waals surface area contributed by atoms with Crippen molar-refractivity contribution in [2.75, 3.05) is 13.1 Å². The lowest BCUT2D eigenvalue weighted by Crippen LogP contribution is -2.47. The molecule has 0 aromatic rings.